The van der Waals surface area contributed by atoms with Crippen molar-refractivity contribution in [3.05, 3.63) is 0 Å². The highest BCUT2D eigenvalue weighted by atomic mass is 16.3. The molecule has 0 bridgehead atoms. The molecule has 2 N–H and O–H groups in total. The molecule has 0 amide bonds. The average molecular weight is 171 g/mol. The van der Waals surface area contributed by atoms with E-state index >= 15 is 0 Å². The van der Waals surface area contributed by atoms with Crippen molar-refractivity contribution in [1.82, 2.24) is 5.32 Å². The van der Waals surface area contributed by atoms with Gasteiger partial charge in [-0.3, -0.25) is 0 Å². The number of hydrogen-bond acceptors (Lipinski definition) is 2. The van der Waals surface area contributed by atoms with E-state index in [-0.39, 0.29) is 11.6 Å². The van der Waals surface area contributed by atoms with E-state index in [0.29, 0.717) is 11.8 Å². The summed E-state index contributed by atoms with van der Waals surface area (Å²) >= 11 is 0. The van der Waals surface area contributed by atoms with E-state index in [9.17, 15) is 5.11 Å². The van der Waals surface area contributed by atoms with Crippen molar-refractivity contribution in [3.8, 4) is 0 Å². The van der Waals surface area contributed by atoms with Crippen LogP contribution in [0.15, 0.2) is 0 Å². The molecule has 2 atom stereocenters. The predicted molar refractivity (Wildman–Crippen MR) is 51.0 cm³/mol. The summed E-state index contributed by atoms with van der Waals surface area (Å²) in [6.07, 6.45) is 2.05. The molecule has 2 nitrogen and oxygen atoms in total. The van der Waals surface area contributed by atoms with E-state index in [2.05, 4.69) is 26.1 Å². The second-order valence-electron chi connectivity index (χ2n) is 4.66. The molecule has 12 heavy (non-hydrogen) atoms. The van der Waals surface area contributed by atoms with Crippen LogP contribution in [-0.4, -0.2) is 23.8 Å². The number of hydrogen-bond donors (Lipinski definition) is 2. The zero-order chi connectivity index (χ0) is 9.35. The Hall–Kier alpha value is -0.0800. The minimum atomic E-state index is -0.105. The van der Waals surface area contributed by atoms with Crippen molar-refractivity contribution >= 4 is 0 Å². The van der Waals surface area contributed by atoms with Gasteiger partial charge in [-0.1, -0.05) is 13.8 Å². The second-order valence-corrected chi connectivity index (χ2v) is 4.66. The van der Waals surface area contributed by atoms with Crippen LogP contribution in [0.4, 0.5) is 0 Å². The molecule has 1 rings (SSSR count). The lowest BCUT2D eigenvalue weighted by Crippen LogP contribution is -2.50. The van der Waals surface area contributed by atoms with Crippen LogP contribution < -0.4 is 5.32 Å². The zero-order valence-electron chi connectivity index (χ0n) is 8.59. The lowest BCUT2D eigenvalue weighted by atomic mass is 9.71. The summed E-state index contributed by atoms with van der Waals surface area (Å²) < 4.78 is 0. The molecule has 0 aliphatic heterocycles. The van der Waals surface area contributed by atoms with Crippen molar-refractivity contribution in [2.45, 2.75) is 45.3 Å². The van der Waals surface area contributed by atoms with Crippen molar-refractivity contribution in [2.24, 2.45) is 11.8 Å². The fourth-order valence-corrected chi connectivity index (χ4v) is 2.51. The third-order valence-electron chi connectivity index (χ3n) is 3.31. The van der Waals surface area contributed by atoms with Crippen molar-refractivity contribution in [2.75, 3.05) is 7.05 Å². The molecule has 0 aromatic rings. The first-order valence-corrected chi connectivity index (χ1v) is 4.85. The van der Waals surface area contributed by atoms with Crippen LogP contribution in [0.25, 0.3) is 0 Å². The molecule has 0 spiro atoms. The van der Waals surface area contributed by atoms with Gasteiger partial charge in [-0.2, -0.15) is 0 Å². The van der Waals surface area contributed by atoms with Crippen molar-refractivity contribution < 1.29 is 5.11 Å². The van der Waals surface area contributed by atoms with Gasteiger partial charge in [0, 0.05) is 5.54 Å². The molecule has 0 saturated heterocycles. The Morgan fingerprint density at radius 2 is 1.67 bits per heavy atom. The minimum absolute atomic E-state index is 0.105. The maximum atomic E-state index is 9.75. The minimum Gasteiger partial charge on any atom is -0.393 e. The fourth-order valence-electron chi connectivity index (χ4n) is 2.51. The van der Waals surface area contributed by atoms with Gasteiger partial charge in [-0.15, -0.1) is 0 Å². The van der Waals surface area contributed by atoms with Crippen LogP contribution in [0.5, 0.6) is 0 Å². The van der Waals surface area contributed by atoms with Crippen LogP contribution >= 0.6 is 0 Å². The van der Waals surface area contributed by atoms with Crippen LogP contribution in [0, 0.1) is 11.8 Å². The highest BCUT2D eigenvalue weighted by molar-refractivity contribution is 4.93. The van der Waals surface area contributed by atoms with Crippen molar-refractivity contribution in [3.63, 3.8) is 0 Å². The van der Waals surface area contributed by atoms with Gasteiger partial charge in [0.2, 0.25) is 0 Å². The molecule has 0 radical (unpaired) electrons. The van der Waals surface area contributed by atoms with Gasteiger partial charge in [0.15, 0.2) is 0 Å². The lowest BCUT2D eigenvalue weighted by molar-refractivity contribution is -0.00129. The monoisotopic (exact) mass is 171 g/mol. The largest absolute Gasteiger partial charge is 0.393 e. The molecule has 72 valence electrons. The number of nitrogens with one attached hydrogen (secondary N) is 1. The number of aliphatic hydroxyl groups excluding tert-OH is 1. The summed E-state index contributed by atoms with van der Waals surface area (Å²) in [7, 11) is 2.01. The summed E-state index contributed by atoms with van der Waals surface area (Å²) in [6.45, 7) is 6.51. The third-order valence-corrected chi connectivity index (χ3v) is 3.31. The Morgan fingerprint density at radius 3 is 2.00 bits per heavy atom. The highest BCUT2D eigenvalue weighted by Crippen LogP contribution is 2.35. The molecule has 0 aromatic heterocycles. The van der Waals surface area contributed by atoms with Gasteiger partial charge in [-0.05, 0) is 38.6 Å². The standard InChI is InChI=1S/C10H21NO/c1-7-5-10(3,11-4)6-8(2)9(7)12/h7-9,11-12H,5-6H2,1-4H3/t7?,8?,9-,10+. The van der Waals surface area contributed by atoms with E-state index < -0.39 is 0 Å². The molecular formula is C10H21NO. The Kier molecular flexibility index (Phi) is 2.79. The SMILES string of the molecule is CN[C@]1(C)CC(C)[C@H](O)C(C)C1. The van der Waals surface area contributed by atoms with Gasteiger partial charge in [0.05, 0.1) is 6.10 Å². The molecule has 1 fully saturated rings. The first kappa shape index (κ1) is 10.0. The van der Waals surface area contributed by atoms with E-state index in [4.69, 9.17) is 0 Å². The highest BCUT2D eigenvalue weighted by Gasteiger charge is 2.37. The third kappa shape index (κ3) is 1.80. The van der Waals surface area contributed by atoms with Gasteiger partial charge in [0.25, 0.3) is 0 Å². The van der Waals surface area contributed by atoms with E-state index in [1.54, 1.807) is 0 Å². The van der Waals surface area contributed by atoms with Crippen LogP contribution in [0.3, 0.4) is 0 Å². The van der Waals surface area contributed by atoms with E-state index in [1.807, 2.05) is 7.05 Å². The molecule has 1 aliphatic rings. The number of rotatable bonds is 1. The molecule has 2 unspecified atom stereocenters. The van der Waals surface area contributed by atoms with Crippen LogP contribution in [0.2, 0.25) is 0 Å². The zero-order valence-corrected chi connectivity index (χ0v) is 8.59. The smallest absolute Gasteiger partial charge is 0.0592 e. The summed E-state index contributed by atoms with van der Waals surface area (Å²) in [6, 6.07) is 0. The van der Waals surface area contributed by atoms with Crippen LogP contribution in [-0.2, 0) is 0 Å². The van der Waals surface area contributed by atoms with E-state index in [0.717, 1.165) is 12.8 Å². The predicted octanol–water partition coefficient (Wildman–Crippen LogP) is 1.39. The maximum Gasteiger partial charge on any atom is 0.0592 e. The van der Waals surface area contributed by atoms with Gasteiger partial charge in [0.1, 0.15) is 0 Å². The molecule has 0 aromatic carbocycles. The molecule has 0 heterocycles. The summed E-state index contributed by atoms with van der Waals surface area (Å²) in [4.78, 5) is 0. The summed E-state index contributed by atoms with van der Waals surface area (Å²) in [5.41, 5.74) is 0.234. The topological polar surface area (TPSA) is 32.3 Å². The van der Waals surface area contributed by atoms with Gasteiger partial charge >= 0.3 is 0 Å². The normalized spacial score (nSPS) is 49.2. The molecule has 1 saturated carbocycles. The Bertz CT molecular complexity index is 146. The lowest BCUT2D eigenvalue weighted by Gasteiger charge is -2.43. The molecular weight excluding hydrogens is 150 g/mol. The van der Waals surface area contributed by atoms with Crippen LogP contribution in [0.1, 0.15) is 33.6 Å². The molecule has 1 aliphatic carbocycles. The van der Waals surface area contributed by atoms with Crippen molar-refractivity contribution in [1.29, 1.82) is 0 Å². The average Bonchev–Trinajstić information content (AvgIpc) is 2.00. The van der Waals surface area contributed by atoms with Gasteiger partial charge < -0.3 is 10.4 Å². The number of aliphatic hydroxyl groups is 1. The Balaban J connectivity index is 2.65. The quantitative estimate of drug-likeness (QED) is 0.625. The summed E-state index contributed by atoms with van der Waals surface area (Å²) in [5, 5.41) is 13.1. The maximum absolute atomic E-state index is 9.75. The first-order valence-electron chi connectivity index (χ1n) is 4.85. The Morgan fingerprint density at radius 1 is 1.25 bits per heavy atom. The Labute approximate surface area is 75.4 Å². The summed E-state index contributed by atoms with van der Waals surface area (Å²) in [5.74, 6) is 0.845. The molecule has 2 heteroatoms. The van der Waals surface area contributed by atoms with Gasteiger partial charge in [-0.25, -0.2) is 0 Å². The fraction of sp³-hybridized carbons (Fsp3) is 1.00. The second kappa shape index (κ2) is 3.35. The first-order chi connectivity index (χ1) is 5.48. The van der Waals surface area contributed by atoms with E-state index in [1.165, 1.54) is 0 Å².